The van der Waals surface area contributed by atoms with Gasteiger partial charge in [0, 0.05) is 16.4 Å². The highest BCUT2D eigenvalue weighted by Gasteiger charge is 2.39. The van der Waals surface area contributed by atoms with E-state index in [1.165, 1.54) is 11.8 Å². The van der Waals surface area contributed by atoms with Crippen LogP contribution in [0.5, 0.6) is 0 Å². The normalized spacial score (nSPS) is 26.6. The number of carbonyl (C=O) groups is 2. The molecule has 0 saturated heterocycles. The number of ether oxygens (including phenoxy) is 1. The molecule has 18 heavy (non-hydrogen) atoms. The zero-order valence-corrected chi connectivity index (χ0v) is 10.9. The van der Waals surface area contributed by atoms with Gasteiger partial charge in [-0.2, -0.15) is 0 Å². The summed E-state index contributed by atoms with van der Waals surface area (Å²) in [5, 5.41) is 0.172. The first-order valence-corrected chi connectivity index (χ1v) is 6.73. The van der Waals surface area contributed by atoms with Crippen molar-refractivity contribution < 1.29 is 14.3 Å². The van der Waals surface area contributed by atoms with Crippen molar-refractivity contribution in [1.82, 2.24) is 0 Å². The number of rotatable bonds is 0. The van der Waals surface area contributed by atoms with E-state index in [-0.39, 0.29) is 11.4 Å². The van der Waals surface area contributed by atoms with Gasteiger partial charge in [-0.15, -0.1) is 11.8 Å². The highest BCUT2D eigenvalue weighted by molar-refractivity contribution is 8.05. The highest BCUT2D eigenvalue weighted by atomic mass is 32.2. The average molecular weight is 260 g/mol. The van der Waals surface area contributed by atoms with Gasteiger partial charge in [0.2, 0.25) is 11.6 Å². The molecule has 0 radical (unpaired) electrons. The van der Waals surface area contributed by atoms with Crippen LogP contribution in [0.25, 0.3) is 5.76 Å². The number of carbonyl (C=O) groups excluding carboxylic acids is 2. The fourth-order valence-corrected chi connectivity index (χ4v) is 3.20. The van der Waals surface area contributed by atoms with E-state index in [9.17, 15) is 9.59 Å². The Labute approximate surface area is 109 Å². The zero-order chi connectivity index (χ0) is 12.9. The van der Waals surface area contributed by atoms with Gasteiger partial charge in [-0.1, -0.05) is 24.3 Å². The summed E-state index contributed by atoms with van der Waals surface area (Å²) >= 11 is 1.44. The maximum absolute atomic E-state index is 12.1. The van der Waals surface area contributed by atoms with Crippen LogP contribution in [-0.4, -0.2) is 22.9 Å². The summed E-state index contributed by atoms with van der Waals surface area (Å²) in [5.41, 5.74) is 1.19. The third-order valence-corrected chi connectivity index (χ3v) is 4.67. The van der Waals surface area contributed by atoms with E-state index in [0.717, 1.165) is 5.56 Å². The fraction of sp³-hybridized carbons (Fsp3) is 0.286. The van der Waals surface area contributed by atoms with Crippen LogP contribution in [0.2, 0.25) is 0 Å². The van der Waals surface area contributed by atoms with Crippen LogP contribution >= 0.6 is 11.8 Å². The molecule has 0 spiro atoms. The van der Waals surface area contributed by atoms with E-state index in [4.69, 9.17) is 4.74 Å². The summed E-state index contributed by atoms with van der Waals surface area (Å²) in [4.78, 5) is 24.5. The van der Waals surface area contributed by atoms with Crippen LogP contribution < -0.4 is 0 Å². The van der Waals surface area contributed by atoms with Gasteiger partial charge in [-0.3, -0.25) is 9.59 Å². The van der Waals surface area contributed by atoms with Gasteiger partial charge >= 0.3 is 0 Å². The van der Waals surface area contributed by atoms with E-state index in [0.29, 0.717) is 16.2 Å². The Kier molecular flexibility index (Phi) is 2.55. The first kappa shape index (κ1) is 11.5. The molecule has 4 heteroatoms. The fourth-order valence-electron chi connectivity index (χ4n) is 2.12. The van der Waals surface area contributed by atoms with Crippen molar-refractivity contribution >= 4 is 29.1 Å². The Morgan fingerprint density at radius 3 is 2.44 bits per heavy atom. The maximum Gasteiger partial charge on any atom is 0.243 e. The number of ketones is 2. The number of thioether (sulfide) groups is 1. The minimum absolute atomic E-state index is 0.0304. The molecule has 0 fully saturated rings. The highest BCUT2D eigenvalue weighted by Crippen LogP contribution is 2.43. The lowest BCUT2D eigenvalue weighted by Crippen LogP contribution is -2.32. The van der Waals surface area contributed by atoms with Gasteiger partial charge in [-0.25, -0.2) is 0 Å². The second kappa shape index (κ2) is 3.99. The summed E-state index contributed by atoms with van der Waals surface area (Å²) in [6.07, 6.45) is 0.0304. The van der Waals surface area contributed by atoms with Gasteiger partial charge in [0.15, 0.2) is 0 Å². The zero-order valence-electron chi connectivity index (χ0n) is 10.1. The van der Waals surface area contributed by atoms with E-state index in [2.05, 4.69) is 0 Å². The van der Waals surface area contributed by atoms with Crippen molar-refractivity contribution in [2.45, 2.75) is 25.2 Å². The molecular formula is C14H12O3S. The summed E-state index contributed by atoms with van der Waals surface area (Å²) in [5.74, 6) is -0.291. The maximum atomic E-state index is 12.1. The monoisotopic (exact) mass is 260 g/mol. The lowest BCUT2D eigenvalue weighted by Gasteiger charge is -2.32. The minimum Gasteiger partial charge on any atom is -0.488 e. The molecule has 3 nitrogen and oxygen atoms in total. The summed E-state index contributed by atoms with van der Waals surface area (Å²) in [7, 11) is 0. The van der Waals surface area contributed by atoms with Gasteiger partial charge in [0.25, 0.3) is 0 Å². The van der Waals surface area contributed by atoms with Crippen molar-refractivity contribution in [2.24, 2.45) is 0 Å². The summed E-state index contributed by atoms with van der Waals surface area (Å²) in [6.45, 7) is 3.97. The SMILES string of the molecule is CC1OC2=C(SC1C)C(=O)C(=O)c1ccccc12. The smallest absolute Gasteiger partial charge is 0.243 e. The molecule has 2 aliphatic rings. The van der Waals surface area contributed by atoms with E-state index in [1.54, 1.807) is 12.1 Å². The molecule has 0 amide bonds. The van der Waals surface area contributed by atoms with Crippen LogP contribution in [0, 0.1) is 0 Å². The van der Waals surface area contributed by atoms with E-state index >= 15 is 0 Å². The molecule has 0 saturated carbocycles. The quantitative estimate of drug-likeness (QED) is 0.673. The van der Waals surface area contributed by atoms with Crippen LogP contribution in [-0.2, 0) is 9.53 Å². The number of fused-ring (bicyclic) bond motifs is 2. The lowest BCUT2D eigenvalue weighted by atomic mass is 9.93. The molecule has 0 N–H and O–H groups in total. The van der Waals surface area contributed by atoms with E-state index < -0.39 is 11.6 Å². The number of Topliss-reactive ketones (excluding diaryl/α,β-unsaturated/α-hetero) is 2. The number of allylic oxidation sites excluding steroid dienone is 1. The second-order valence-electron chi connectivity index (χ2n) is 4.51. The Bertz CT molecular complexity index is 588. The molecule has 3 rings (SSSR count). The average Bonchev–Trinajstić information content (AvgIpc) is 2.38. The Balaban J connectivity index is 2.22. The van der Waals surface area contributed by atoms with Crippen LogP contribution in [0.15, 0.2) is 29.2 Å². The van der Waals surface area contributed by atoms with Crippen LogP contribution in [0.4, 0.5) is 0 Å². The van der Waals surface area contributed by atoms with Crippen molar-refractivity contribution in [1.29, 1.82) is 0 Å². The first-order chi connectivity index (χ1) is 8.59. The Morgan fingerprint density at radius 2 is 1.72 bits per heavy atom. The molecule has 1 heterocycles. The van der Waals surface area contributed by atoms with Gasteiger partial charge < -0.3 is 4.74 Å². The van der Waals surface area contributed by atoms with Crippen molar-refractivity contribution in [3.63, 3.8) is 0 Å². The molecule has 1 aliphatic carbocycles. The van der Waals surface area contributed by atoms with Gasteiger partial charge in [0.1, 0.15) is 16.8 Å². The number of hydrogen-bond acceptors (Lipinski definition) is 4. The second-order valence-corrected chi connectivity index (χ2v) is 5.90. The third-order valence-electron chi connectivity index (χ3n) is 3.30. The summed E-state index contributed by atoms with van der Waals surface area (Å²) < 4.78 is 5.83. The largest absolute Gasteiger partial charge is 0.488 e. The van der Waals surface area contributed by atoms with Crippen LogP contribution in [0.3, 0.4) is 0 Å². The molecular weight excluding hydrogens is 248 g/mol. The standard InChI is InChI=1S/C14H12O3S/c1-7-8(2)18-14-12(16)11(15)9-5-3-4-6-10(9)13(14)17-7/h3-8H,1-2H3. The minimum atomic E-state index is -0.438. The summed E-state index contributed by atoms with van der Waals surface area (Å²) in [6, 6.07) is 7.12. The van der Waals surface area contributed by atoms with E-state index in [1.807, 2.05) is 26.0 Å². The molecule has 2 unspecified atom stereocenters. The molecule has 1 aromatic carbocycles. The van der Waals surface area contributed by atoms with Crippen LogP contribution in [0.1, 0.15) is 29.8 Å². The Morgan fingerprint density at radius 1 is 1.06 bits per heavy atom. The molecule has 1 aromatic rings. The predicted octanol–water partition coefficient (Wildman–Crippen LogP) is 2.66. The van der Waals surface area contributed by atoms with Crippen molar-refractivity contribution in [3.05, 3.63) is 40.3 Å². The molecule has 2 atom stereocenters. The first-order valence-electron chi connectivity index (χ1n) is 5.85. The number of hydrogen-bond donors (Lipinski definition) is 0. The number of benzene rings is 1. The van der Waals surface area contributed by atoms with Crippen molar-refractivity contribution in [2.75, 3.05) is 0 Å². The van der Waals surface area contributed by atoms with Gasteiger partial charge in [0.05, 0.1) is 0 Å². The van der Waals surface area contributed by atoms with Gasteiger partial charge in [-0.05, 0) is 13.8 Å². The predicted molar refractivity (Wildman–Crippen MR) is 70.3 cm³/mol. The topological polar surface area (TPSA) is 43.4 Å². The lowest BCUT2D eigenvalue weighted by molar-refractivity contribution is -0.111. The molecule has 0 bridgehead atoms. The third kappa shape index (κ3) is 1.52. The molecule has 92 valence electrons. The van der Waals surface area contributed by atoms with Crippen molar-refractivity contribution in [3.8, 4) is 0 Å². The molecule has 0 aromatic heterocycles. The molecule has 1 aliphatic heterocycles. The Hall–Kier alpha value is -1.55.